The number of rotatable bonds is 6. The van der Waals surface area contributed by atoms with Crippen molar-refractivity contribution in [1.82, 2.24) is 10.6 Å². The summed E-state index contributed by atoms with van der Waals surface area (Å²) < 4.78 is 5.27. The molecule has 0 saturated heterocycles. The topological polar surface area (TPSA) is 70.7 Å². The van der Waals surface area contributed by atoms with Gasteiger partial charge in [0, 0.05) is 36.8 Å². The second-order valence-electron chi connectivity index (χ2n) is 9.29. The molecule has 2 N–H and O–H groups in total. The lowest BCUT2D eigenvalue weighted by molar-refractivity contribution is -0.121. The maximum atomic E-state index is 13.0. The summed E-state index contributed by atoms with van der Waals surface area (Å²) in [6.07, 6.45) is 6.41. The Hall–Kier alpha value is -2.86. The van der Waals surface area contributed by atoms with Crippen LogP contribution in [0.15, 0.2) is 42.5 Å². The van der Waals surface area contributed by atoms with Gasteiger partial charge < -0.3 is 20.3 Å². The maximum Gasteiger partial charge on any atom is 0.251 e. The van der Waals surface area contributed by atoms with Gasteiger partial charge in [-0.25, -0.2) is 0 Å². The predicted octanol–water partition coefficient (Wildman–Crippen LogP) is 4.71. The van der Waals surface area contributed by atoms with E-state index in [2.05, 4.69) is 10.6 Å². The molecule has 6 nitrogen and oxygen atoms in total. The Morgan fingerprint density at radius 3 is 2.65 bits per heavy atom. The lowest BCUT2D eigenvalue weighted by Gasteiger charge is -2.28. The fourth-order valence-electron chi connectivity index (χ4n) is 4.32. The van der Waals surface area contributed by atoms with Gasteiger partial charge in [-0.2, -0.15) is 0 Å². The van der Waals surface area contributed by atoms with E-state index in [1.54, 1.807) is 7.11 Å². The van der Waals surface area contributed by atoms with E-state index in [0.717, 1.165) is 61.3 Å². The summed E-state index contributed by atoms with van der Waals surface area (Å²) in [5, 5.41) is 6.54. The molecule has 0 fully saturated rings. The minimum atomic E-state index is -0.0986. The zero-order valence-electron chi connectivity index (χ0n) is 20.9. The first-order chi connectivity index (χ1) is 16.5. The van der Waals surface area contributed by atoms with E-state index in [9.17, 15) is 9.59 Å². The van der Waals surface area contributed by atoms with E-state index >= 15 is 0 Å². The van der Waals surface area contributed by atoms with E-state index in [1.807, 2.05) is 61.2 Å². The van der Waals surface area contributed by atoms with Gasteiger partial charge in [-0.05, 0) is 67.3 Å². The number of nitrogens with zero attached hydrogens (tertiary/aromatic N) is 1. The molecule has 1 aliphatic rings. The number of anilines is 1. The first kappa shape index (κ1) is 25.8. The molecule has 2 amide bonds. The van der Waals surface area contributed by atoms with Crippen molar-refractivity contribution in [1.29, 1.82) is 0 Å². The third-order valence-electron chi connectivity index (χ3n) is 6.28. The molecule has 1 aliphatic heterocycles. The van der Waals surface area contributed by atoms with Crippen LogP contribution in [-0.4, -0.2) is 38.6 Å². The standard InChI is InChI=1S/C28H39N3O3/c1-21(2)28(33)31-17-8-6-4-5-7-15-29-20-24-19-23(12-13-26(24)31)27(32)30-16-14-22-10-9-11-25(18-22)34-3/h9-13,18-19,21,29H,4-8,14-17,20H2,1-3H3,(H,30,32). The summed E-state index contributed by atoms with van der Waals surface area (Å²) in [6, 6.07) is 13.6. The number of ether oxygens (including phenoxy) is 1. The van der Waals surface area contributed by atoms with Crippen LogP contribution in [0.2, 0.25) is 0 Å². The molecule has 0 bridgehead atoms. The molecule has 2 aromatic rings. The molecule has 0 radical (unpaired) electrons. The van der Waals surface area contributed by atoms with Gasteiger partial charge in [0.2, 0.25) is 5.91 Å². The van der Waals surface area contributed by atoms with Gasteiger partial charge >= 0.3 is 0 Å². The summed E-state index contributed by atoms with van der Waals surface area (Å²) in [7, 11) is 1.65. The first-order valence-electron chi connectivity index (χ1n) is 12.6. The number of carbonyl (C=O) groups excluding carboxylic acids is 2. The van der Waals surface area contributed by atoms with Crippen molar-refractivity contribution in [2.75, 3.05) is 31.6 Å². The lowest BCUT2D eigenvalue weighted by Crippen LogP contribution is -2.36. The van der Waals surface area contributed by atoms with Crippen molar-refractivity contribution in [3.05, 3.63) is 59.2 Å². The third kappa shape index (κ3) is 7.32. The van der Waals surface area contributed by atoms with Crippen molar-refractivity contribution in [2.45, 2.75) is 58.9 Å². The van der Waals surface area contributed by atoms with Gasteiger partial charge in [0.25, 0.3) is 5.91 Å². The average Bonchev–Trinajstić information content (AvgIpc) is 2.84. The van der Waals surface area contributed by atoms with Crippen LogP contribution >= 0.6 is 0 Å². The highest BCUT2D eigenvalue weighted by Gasteiger charge is 2.22. The Labute approximate surface area is 204 Å². The Kier molecular flexibility index (Phi) is 9.95. The van der Waals surface area contributed by atoms with Crippen LogP contribution in [0.1, 0.15) is 67.4 Å². The van der Waals surface area contributed by atoms with Crippen LogP contribution in [0.4, 0.5) is 5.69 Å². The summed E-state index contributed by atoms with van der Waals surface area (Å²) in [6.45, 7) is 6.73. The molecular weight excluding hydrogens is 426 g/mol. The van der Waals surface area contributed by atoms with Crippen LogP contribution < -0.4 is 20.3 Å². The number of fused-ring (bicyclic) bond motifs is 1. The third-order valence-corrected chi connectivity index (χ3v) is 6.28. The maximum absolute atomic E-state index is 13.0. The second-order valence-corrected chi connectivity index (χ2v) is 9.29. The Morgan fingerprint density at radius 1 is 1.06 bits per heavy atom. The van der Waals surface area contributed by atoms with Crippen LogP contribution in [0.3, 0.4) is 0 Å². The zero-order chi connectivity index (χ0) is 24.3. The van der Waals surface area contributed by atoms with Gasteiger partial charge in [-0.1, -0.05) is 45.2 Å². The molecule has 3 rings (SSSR count). The van der Waals surface area contributed by atoms with E-state index in [0.29, 0.717) is 18.7 Å². The van der Waals surface area contributed by atoms with Crippen molar-refractivity contribution >= 4 is 17.5 Å². The van der Waals surface area contributed by atoms with Crippen LogP contribution in [0, 0.1) is 5.92 Å². The first-order valence-corrected chi connectivity index (χ1v) is 12.6. The highest BCUT2D eigenvalue weighted by Crippen LogP contribution is 2.25. The molecule has 0 aliphatic carbocycles. The smallest absolute Gasteiger partial charge is 0.251 e. The van der Waals surface area contributed by atoms with Crippen LogP contribution in [0.5, 0.6) is 5.75 Å². The normalized spacial score (nSPS) is 15.1. The van der Waals surface area contributed by atoms with E-state index in [4.69, 9.17) is 4.74 Å². The summed E-state index contributed by atoms with van der Waals surface area (Å²) in [5.74, 6) is 0.775. The molecule has 0 spiro atoms. The van der Waals surface area contributed by atoms with E-state index in [-0.39, 0.29) is 17.7 Å². The van der Waals surface area contributed by atoms with Crippen LogP contribution in [-0.2, 0) is 17.8 Å². The van der Waals surface area contributed by atoms with Crippen molar-refractivity contribution in [2.24, 2.45) is 5.92 Å². The lowest BCUT2D eigenvalue weighted by atomic mass is 10.0. The van der Waals surface area contributed by atoms with E-state index < -0.39 is 0 Å². The zero-order valence-corrected chi connectivity index (χ0v) is 20.9. The molecular formula is C28H39N3O3. The molecule has 1 heterocycles. The molecule has 0 unspecified atom stereocenters. The quantitative estimate of drug-likeness (QED) is 0.648. The molecule has 0 atom stereocenters. The predicted molar refractivity (Wildman–Crippen MR) is 137 cm³/mol. The molecule has 0 saturated carbocycles. The number of nitrogens with one attached hydrogen (secondary N) is 2. The summed E-state index contributed by atoms with van der Waals surface area (Å²) >= 11 is 0. The van der Waals surface area contributed by atoms with Crippen molar-refractivity contribution in [3.63, 3.8) is 0 Å². The Balaban J connectivity index is 1.75. The van der Waals surface area contributed by atoms with Crippen molar-refractivity contribution < 1.29 is 14.3 Å². The average molecular weight is 466 g/mol. The number of methoxy groups -OCH3 is 1. The fourth-order valence-corrected chi connectivity index (χ4v) is 4.32. The largest absolute Gasteiger partial charge is 0.497 e. The SMILES string of the molecule is COc1cccc(CCNC(=O)c2ccc3c(c2)CNCCCCCCCN3C(=O)C(C)C)c1. The number of hydrogen-bond donors (Lipinski definition) is 2. The molecule has 184 valence electrons. The van der Waals surface area contributed by atoms with Gasteiger partial charge in [-0.15, -0.1) is 0 Å². The molecule has 34 heavy (non-hydrogen) atoms. The van der Waals surface area contributed by atoms with Crippen LogP contribution in [0.25, 0.3) is 0 Å². The summed E-state index contributed by atoms with van der Waals surface area (Å²) in [4.78, 5) is 27.9. The highest BCUT2D eigenvalue weighted by atomic mass is 16.5. The Bertz CT molecular complexity index is 958. The number of amides is 2. The minimum Gasteiger partial charge on any atom is -0.497 e. The second kappa shape index (κ2) is 13.1. The van der Waals surface area contributed by atoms with E-state index in [1.165, 1.54) is 12.8 Å². The van der Waals surface area contributed by atoms with Gasteiger partial charge in [0.05, 0.1) is 7.11 Å². The van der Waals surface area contributed by atoms with Gasteiger partial charge in [-0.3, -0.25) is 9.59 Å². The molecule has 6 heteroatoms. The van der Waals surface area contributed by atoms with Gasteiger partial charge in [0.1, 0.15) is 5.75 Å². The monoisotopic (exact) mass is 465 g/mol. The minimum absolute atomic E-state index is 0.0756. The van der Waals surface area contributed by atoms with Gasteiger partial charge in [0.15, 0.2) is 0 Å². The Morgan fingerprint density at radius 2 is 1.85 bits per heavy atom. The summed E-state index contributed by atoms with van der Waals surface area (Å²) in [5.41, 5.74) is 3.65. The number of carbonyl (C=O) groups is 2. The highest BCUT2D eigenvalue weighted by molar-refractivity contribution is 5.98. The van der Waals surface area contributed by atoms with Crippen molar-refractivity contribution in [3.8, 4) is 5.75 Å². The fraction of sp³-hybridized carbons (Fsp3) is 0.500. The molecule has 2 aromatic carbocycles. The number of hydrogen-bond acceptors (Lipinski definition) is 4. The number of benzene rings is 2. The molecule has 0 aromatic heterocycles.